The summed E-state index contributed by atoms with van der Waals surface area (Å²) in [4.78, 5) is 13.8. The number of nitrogens with zero attached hydrogens (tertiary/aromatic N) is 4. The minimum atomic E-state index is -4.44. The highest BCUT2D eigenvalue weighted by Crippen LogP contribution is 2.34. The van der Waals surface area contributed by atoms with Gasteiger partial charge in [0.2, 0.25) is 5.28 Å². The highest BCUT2D eigenvalue weighted by atomic mass is 35.5. The van der Waals surface area contributed by atoms with E-state index in [0.29, 0.717) is 11.3 Å². The van der Waals surface area contributed by atoms with Crippen LogP contribution < -0.4 is 4.90 Å². The number of halogens is 4. The molecule has 0 radical (unpaired) electrons. The SMILES string of the molecule is CN(C)c1cc(C(F)(F)F)cc(-c2ccc(-c3ccnc(Cl)n3)cc2)n1. The fourth-order valence-electron chi connectivity index (χ4n) is 2.36. The molecule has 2 heterocycles. The molecule has 0 saturated heterocycles. The summed E-state index contributed by atoms with van der Waals surface area (Å²) in [6, 6.07) is 10.7. The van der Waals surface area contributed by atoms with Gasteiger partial charge < -0.3 is 4.90 Å². The lowest BCUT2D eigenvalue weighted by Crippen LogP contribution is -2.14. The number of benzene rings is 1. The van der Waals surface area contributed by atoms with Gasteiger partial charge in [0.25, 0.3) is 0 Å². The Labute approximate surface area is 153 Å². The topological polar surface area (TPSA) is 41.9 Å². The largest absolute Gasteiger partial charge is 0.416 e. The van der Waals surface area contributed by atoms with Gasteiger partial charge in [0.15, 0.2) is 0 Å². The van der Waals surface area contributed by atoms with Crippen LogP contribution in [0.4, 0.5) is 19.0 Å². The summed E-state index contributed by atoms with van der Waals surface area (Å²) in [5.74, 6) is 0.237. The number of alkyl halides is 3. The molecule has 0 atom stereocenters. The van der Waals surface area contributed by atoms with E-state index in [4.69, 9.17) is 11.6 Å². The van der Waals surface area contributed by atoms with Crippen molar-refractivity contribution in [3.8, 4) is 22.5 Å². The van der Waals surface area contributed by atoms with Crippen molar-refractivity contribution in [3.05, 3.63) is 59.5 Å². The second kappa shape index (κ2) is 6.92. The Bertz CT molecular complexity index is 924. The number of aromatic nitrogens is 3. The van der Waals surface area contributed by atoms with Crippen molar-refractivity contribution in [3.63, 3.8) is 0 Å². The second-order valence-electron chi connectivity index (χ2n) is 5.78. The zero-order valence-electron chi connectivity index (χ0n) is 13.9. The van der Waals surface area contributed by atoms with Crippen LogP contribution in [0.15, 0.2) is 48.7 Å². The van der Waals surface area contributed by atoms with Crippen LogP contribution in [0.1, 0.15) is 5.56 Å². The molecule has 8 heteroatoms. The Balaban J connectivity index is 2.02. The van der Waals surface area contributed by atoms with Crippen LogP contribution in [0.25, 0.3) is 22.5 Å². The molecular weight excluding hydrogens is 365 g/mol. The third-order valence-electron chi connectivity index (χ3n) is 3.70. The van der Waals surface area contributed by atoms with E-state index in [-0.39, 0.29) is 16.8 Å². The Hall–Kier alpha value is -2.67. The predicted octanol–water partition coefficient (Wildman–Crippen LogP) is 4.94. The second-order valence-corrected chi connectivity index (χ2v) is 6.12. The molecule has 0 aliphatic carbocycles. The summed E-state index contributed by atoms with van der Waals surface area (Å²) in [6.45, 7) is 0. The monoisotopic (exact) mass is 378 g/mol. The molecule has 3 rings (SSSR count). The highest BCUT2D eigenvalue weighted by Gasteiger charge is 2.32. The van der Waals surface area contributed by atoms with Gasteiger partial charge in [-0.05, 0) is 29.8 Å². The minimum Gasteiger partial charge on any atom is -0.363 e. The van der Waals surface area contributed by atoms with Crippen molar-refractivity contribution in [2.24, 2.45) is 0 Å². The molecule has 2 aromatic heterocycles. The molecule has 0 unspecified atom stereocenters. The van der Waals surface area contributed by atoms with Gasteiger partial charge in [0.1, 0.15) is 5.82 Å². The number of hydrogen-bond donors (Lipinski definition) is 0. The maximum absolute atomic E-state index is 13.2. The normalized spacial score (nSPS) is 11.5. The van der Waals surface area contributed by atoms with Gasteiger partial charge in [0, 0.05) is 31.4 Å². The number of pyridine rings is 1. The van der Waals surface area contributed by atoms with Gasteiger partial charge >= 0.3 is 6.18 Å². The molecule has 0 saturated carbocycles. The molecule has 0 bridgehead atoms. The number of rotatable bonds is 3. The zero-order chi connectivity index (χ0) is 18.9. The third-order valence-corrected chi connectivity index (χ3v) is 3.88. The quantitative estimate of drug-likeness (QED) is 0.605. The van der Waals surface area contributed by atoms with Crippen molar-refractivity contribution in [2.45, 2.75) is 6.18 Å². The van der Waals surface area contributed by atoms with Crippen molar-refractivity contribution < 1.29 is 13.2 Å². The van der Waals surface area contributed by atoms with Crippen LogP contribution >= 0.6 is 11.6 Å². The summed E-state index contributed by atoms with van der Waals surface area (Å²) in [5, 5.41) is 0.127. The van der Waals surface area contributed by atoms with E-state index < -0.39 is 11.7 Å². The number of anilines is 1. The predicted molar refractivity (Wildman–Crippen MR) is 95.0 cm³/mol. The Kier molecular flexibility index (Phi) is 4.82. The smallest absolute Gasteiger partial charge is 0.363 e. The lowest BCUT2D eigenvalue weighted by atomic mass is 10.0. The summed E-state index contributed by atoms with van der Waals surface area (Å²) >= 11 is 5.79. The molecule has 0 aliphatic heterocycles. The lowest BCUT2D eigenvalue weighted by molar-refractivity contribution is -0.137. The van der Waals surface area contributed by atoms with E-state index in [9.17, 15) is 13.2 Å². The van der Waals surface area contributed by atoms with Gasteiger partial charge in [-0.25, -0.2) is 15.0 Å². The summed E-state index contributed by atoms with van der Waals surface area (Å²) in [5.41, 5.74) is 1.48. The molecule has 1 aromatic carbocycles. The highest BCUT2D eigenvalue weighted by molar-refractivity contribution is 6.28. The molecule has 26 heavy (non-hydrogen) atoms. The molecule has 4 nitrogen and oxygen atoms in total. The Morgan fingerprint density at radius 1 is 0.885 bits per heavy atom. The van der Waals surface area contributed by atoms with Crippen molar-refractivity contribution in [1.82, 2.24) is 15.0 Å². The van der Waals surface area contributed by atoms with E-state index in [1.165, 1.54) is 11.1 Å². The van der Waals surface area contributed by atoms with Crippen LogP contribution in [0.2, 0.25) is 5.28 Å². The standard InChI is InChI=1S/C18H14ClF3N4/c1-26(2)16-10-13(18(20,21)22)9-15(24-16)12-5-3-11(4-6-12)14-7-8-23-17(19)25-14/h3-10H,1-2H3. The molecule has 0 amide bonds. The van der Waals surface area contributed by atoms with Crippen LogP contribution in [0.3, 0.4) is 0 Å². The van der Waals surface area contributed by atoms with E-state index >= 15 is 0 Å². The van der Waals surface area contributed by atoms with E-state index in [2.05, 4.69) is 15.0 Å². The van der Waals surface area contributed by atoms with Gasteiger partial charge in [0.05, 0.1) is 17.0 Å². The van der Waals surface area contributed by atoms with Crippen molar-refractivity contribution >= 4 is 17.4 Å². The van der Waals surface area contributed by atoms with E-state index in [1.54, 1.807) is 44.4 Å². The third kappa shape index (κ3) is 3.94. The fraction of sp³-hybridized carbons (Fsp3) is 0.167. The van der Waals surface area contributed by atoms with Gasteiger partial charge in [-0.3, -0.25) is 0 Å². The summed E-state index contributed by atoms with van der Waals surface area (Å²) < 4.78 is 39.5. The van der Waals surface area contributed by atoms with E-state index in [0.717, 1.165) is 17.7 Å². The summed E-state index contributed by atoms with van der Waals surface area (Å²) in [6.07, 6.45) is -2.91. The number of hydrogen-bond acceptors (Lipinski definition) is 4. The Morgan fingerprint density at radius 2 is 1.50 bits per heavy atom. The van der Waals surface area contributed by atoms with Gasteiger partial charge in [-0.1, -0.05) is 24.3 Å². The molecule has 134 valence electrons. The lowest BCUT2D eigenvalue weighted by Gasteiger charge is -2.16. The zero-order valence-corrected chi connectivity index (χ0v) is 14.7. The van der Waals surface area contributed by atoms with Gasteiger partial charge in [-0.2, -0.15) is 13.2 Å². The molecule has 0 N–H and O–H groups in total. The van der Waals surface area contributed by atoms with Crippen LogP contribution in [-0.2, 0) is 6.18 Å². The average molecular weight is 379 g/mol. The average Bonchev–Trinajstić information content (AvgIpc) is 2.61. The molecule has 0 aliphatic rings. The first kappa shape index (κ1) is 18.1. The Morgan fingerprint density at radius 3 is 2.04 bits per heavy atom. The van der Waals surface area contributed by atoms with Crippen molar-refractivity contribution in [2.75, 3.05) is 19.0 Å². The molecule has 0 spiro atoms. The van der Waals surface area contributed by atoms with Crippen LogP contribution in [0, 0.1) is 0 Å². The minimum absolute atomic E-state index is 0.127. The van der Waals surface area contributed by atoms with Crippen LogP contribution in [-0.4, -0.2) is 29.0 Å². The maximum atomic E-state index is 13.2. The van der Waals surface area contributed by atoms with Crippen LogP contribution in [0.5, 0.6) is 0 Å². The first-order valence-corrected chi connectivity index (χ1v) is 7.98. The molecule has 3 aromatic rings. The van der Waals surface area contributed by atoms with Crippen molar-refractivity contribution in [1.29, 1.82) is 0 Å². The van der Waals surface area contributed by atoms with Gasteiger partial charge in [-0.15, -0.1) is 0 Å². The first-order valence-electron chi connectivity index (χ1n) is 7.60. The maximum Gasteiger partial charge on any atom is 0.416 e. The summed E-state index contributed by atoms with van der Waals surface area (Å²) in [7, 11) is 3.29. The first-order chi connectivity index (χ1) is 12.2. The fourth-order valence-corrected chi connectivity index (χ4v) is 2.51. The van der Waals surface area contributed by atoms with E-state index in [1.807, 2.05) is 0 Å². The molecule has 0 fully saturated rings. The molecular formula is C18H14ClF3N4.